The van der Waals surface area contributed by atoms with E-state index in [1.807, 2.05) is 24.3 Å². The molecule has 4 rings (SSSR count). The van der Waals surface area contributed by atoms with Gasteiger partial charge in [0.15, 0.2) is 5.82 Å². The SMILES string of the molecule is O=c1nc2c(cn1[C@H]1C[C@@H](O)[C@@H](CO)O1)Sc1ccccc1N2. The summed E-state index contributed by atoms with van der Waals surface area (Å²) in [4.78, 5) is 18.2. The van der Waals surface area contributed by atoms with Gasteiger partial charge in [-0.05, 0) is 12.1 Å². The van der Waals surface area contributed by atoms with Gasteiger partial charge >= 0.3 is 5.69 Å². The Balaban J connectivity index is 1.69. The Morgan fingerprint density at radius 1 is 1.39 bits per heavy atom. The summed E-state index contributed by atoms with van der Waals surface area (Å²) in [6, 6.07) is 7.79. The lowest BCUT2D eigenvalue weighted by Crippen LogP contribution is -2.28. The number of aromatic nitrogens is 2. The molecule has 3 heterocycles. The number of aliphatic hydroxyl groups is 2. The molecule has 8 heteroatoms. The van der Waals surface area contributed by atoms with Crippen LogP contribution in [0.3, 0.4) is 0 Å². The Bertz CT molecular complexity index is 810. The molecule has 1 aromatic carbocycles. The zero-order valence-corrected chi connectivity index (χ0v) is 12.9. The van der Waals surface area contributed by atoms with Crippen molar-refractivity contribution in [1.29, 1.82) is 0 Å². The zero-order valence-electron chi connectivity index (χ0n) is 12.0. The number of fused-ring (bicyclic) bond motifs is 2. The molecular formula is C15H15N3O4S. The summed E-state index contributed by atoms with van der Waals surface area (Å²) < 4.78 is 6.92. The standard InChI is InChI=1S/C15H15N3O4S/c19-7-10-9(20)5-13(22-10)18-6-12-14(17-15(18)21)16-8-3-1-2-4-11(8)23-12/h1-4,6,9-10,13,19-20H,5,7H2,(H,16,17,21)/t9-,10-,13-/m1/s1. The summed E-state index contributed by atoms with van der Waals surface area (Å²) in [5.74, 6) is 0.521. The van der Waals surface area contributed by atoms with Crippen molar-refractivity contribution in [3.8, 4) is 0 Å². The van der Waals surface area contributed by atoms with E-state index in [0.29, 0.717) is 5.82 Å². The number of anilines is 2. The molecule has 1 aromatic heterocycles. The number of benzene rings is 1. The highest BCUT2D eigenvalue weighted by Crippen LogP contribution is 2.42. The molecular weight excluding hydrogens is 318 g/mol. The fourth-order valence-electron chi connectivity index (χ4n) is 2.78. The minimum absolute atomic E-state index is 0.250. The Morgan fingerprint density at radius 2 is 2.22 bits per heavy atom. The highest BCUT2D eigenvalue weighted by atomic mass is 32.2. The number of nitrogens with one attached hydrogen (secondary N) is 1. The molecule has 1 fully saturated rings. The van der Waals surface area contributed by atoms with E-state index in [1.54, 1.807) is 6.20 Å². The molecule has 120 valence electrons. The largest absolute Gasteiger partial charge is 0.394 e. The maximum atomic E-state index is 12.3. The third-order valence-electron chi connectivity index (χ3n) is 3.97. The summed E-state index contributed by atoms with van der Waals surface area (Å²) in [5.41, 5.74) is 0.467. The van der Waals surface area contributed by atoms with E-state index in [4.69, 9.17) is 9.84 Å². The Morgan fingerprint density at radius 3 is 3.00 bits per heavy atom. The van der Waals surface area contributed by atoms with Gasteiger partial charge in [0.25, 0.3) is 0 Å². The van der Waals surface area contributed by atoms with Crippen LogP contribution >= 0.6 is 11.8 Å². The molecule has 0 unspecified atom stereocenters. The monoisotopic (exact) mass is 333 g/mol. The van der Waals surface area contributed by atoms with Crippen molar-refractivity contribution in [1.82, 2.24) is 9.55 Å². The van der Waals surface area contributed by atoms with Crippen molar-refractivity contribution in [2.75, 3.05) is 11.9 Å². The molecule has 0 bridgehead atoms. The quantitative estimate of drug-likeness (QED) is 0.646. The van der Waals surface area contributed by atoms with Gasteiger partial charge < -0.3 is 20.3 Å². The Kier molecular flexibility index (Phi) is 3.61. The van der Waals surface area contributed by atoms with Gasteiger partial charge in [0.2, 0.25) is 0 Å². The van der Waals surface area contributed by atoms with E-state index in [2.05, 4.69) is 10.3 Å². The second kappa shape index (κ2) is 5.64. The molecule has 3 N–H and O–H groups in total. The number of para-hydroxylation sites is 1. The van der Waals surface area contributed by atoms with Crippen LogP contribution in [-0.4, -0.2) is 38.6 Å². The molecule has 7 nitrogen and oxygen atoms in total. The van der Waals surface area contributed by atoms with Crippen molar-refractivity contribution in [3.63, 3.8) is 0 Å². The first-order valence-corrected chi connectivity index (χ1v) is 8.09. The second-order valence-corrected chi connectivity index (χ2v) is 6.57. The van der Waals surface area contributed by atoms with E-state index < -0.39 is 24.1 Å². The van der Waals surface area contributed by atoms with Crippen molar-refractivity contribution in [2.24, 2.45) is 0 Å². The van der Waals surface area contributed by atoms with E-state index >= 15 is 0 Å². The lowest BCUT2D eigenvalue weighted by molar-refractivity contribution is -0.0460. The average molecular weight is 333 g/mol. The van der Waals surface area contributed by atoms with Crippen LogP contribution in [0.25, 0.3) is 0 Å². The molecule has 23 heavy (non-hydrogen) atoms. The molecule has 3 atom stereocenters. The Labute approximate surface area is 135 Å². The molecule has 0 radical (unpaired) electrons. The number of ether oxygens (including phenoxy) is 1. The van der Waals surface area contributed by atoms with Gasteiger partial charge in [0, 0.05) is 17.5 Å². The first-order chi connectivity index (χ1) is 11.2. The van der Waals surface area contributed by atoms with Gasteiger partial charge in [-0.2, -0.15) is 4.98 Å². The van der Waals surface area contributed by atoms with Crippen LogP contribution in [0.1, 0.15) is 12.6 Å². The van der Waals surface area contributed by atoms with Crippen LogP contribution in [0.5, 0.6) is 0 Å². The number of hydrogen-bond acceptors (Lipinski definition) is 7. The second-order valence-electron chi connectivity index (χ2n) is 5.48. The van der Waals surface area contributed by atoms with Crippen LogP contribution in [0, 0.1) is 0 Å². The number of hydrogen-bond donors (Lipinski definition) is 3. The van der Waals surface area contributed by atoms with Gasteiger partial charge in [0.05, 0.1) is 23.3 Å². The predicted molar refractivity (Wildman–Crippen MR) is 84.0 cm³/mol. The van der Waals surface area contributed by atoms with E-state index in [-0.39, 0.29) is 13.0 Å². The van der Waals surface area contributed by atoms with E-state index in [0.717, 1.165) is 15.5 Å². The van der Waals surface area contributed by atoms with Crippen LogP contribution in [0.2, 0.25) is 0 Å². The fourth-order valence-corrected chi connectivity index (χ4v) is 3.75. The maximum absolute atomic E-state index is 12.3. The molecule has 2 aliphatic rings. The molecule has 2 aliphatic heterocycles. The molecule has 0 spiro atoms. The van der Waals surface area contributed by atoms with Gasteiger partial charge in [-0.3, -0.25) is 4.57 Å². The number of rotatable bonds is 2. The first kappa shape index (κ1) is 14.7. The van der Waals surface area contributed by atoms with Crippen molar-refractivity contribution in [2.45, 2.75) is 34.6 Å². The minimum Gasteiger partial charge on any atom is -0.394 e. The molecule has 0 amide bonds. The van der Waals surface area contributed by atoms with Gasteiger partial charge in [-0.15, -0.1) is 0 Å². The Hall–Kier alpha value is -1.87. The van der Waals surface area contributed by atoms with Crippen molar-refractivity contribution >= 4 is 23.3 Å². The van der Waals surface area contributed by atoms with Crippen LogP contribution in [0.4, 0.5) is 11.5 Å². The number of aliphatic hydroxyl groups excluding tert-OH is 2. The van der Waals surface area contributed by atoms with Crippen LogP contribution < -0.4 is 11.0 Å². The van der Waals surface area contributed by atoms with E-state index in [1.165, 1.54) is 16.3 Å². The van der Waals surface area contributed by atoms with Crippen LogP contribution in [-0.2, 0) is 4.74 Å². The fraction of sp³-hybridized carbons (Fsp3) is 0.333. The molecule has 1 saturated heterocycles. The summed E-state index contributed by atoms with van der Waals surface area (Å²) >= 11 is 1.52. The summed E-state index contributed by atoms with van der Waals surface area (Å²) in [6.45, 7) is -0.283. The van der Waals surface area contributed by atoms with Gasteiger partial charge in [-0.1, -0.05) is 23.9 Å². The lowest BCUT2D eigenvalue weighted by Gasteiger charge is -2.22. The summed E-state index contributed by atoms with van der Waals surface area (Å²) in [5, 5.41) is 22.2. The molecule has 0 saturated carbocycles. The van der Waals surface area contributed by atoms with E-state index in [9.17, 15) is 9.90 Å². The first-order valence-electron chi connectivity index (χ1n) is 7.27. The highest BCUT2D eigenvalue weighted by molar-refractivity contribution is 7.99. The third-order valence-corrected chi connectivity index (χ3v) is 5.07. The molecule has 2 aromatic rings. The highest BCUT2D eigenvalue weighted by Gasteiger charge is 2.35. The topological polar surface area (TPSA) is 96.6 Å². The summed E-state index contributed by atoms with van der Waals surface area (Å²) in [7, 11) is 0. The zero-order chi connectivity index (χ0) is 16.0. The smallest absolute Gasteiger partial charge is 0.351 e. The predicted octanol–water partition coefficient (Wildman–Crippen LogP) is 1.09. The third kappa shape index (κ3) is 2.53. The minimum atomic E-state index is -0.792. The van der Waals surface area contributed by atoms with Crippen molar-refractivity contribution in [3.05, 3.63) is 40.9 Å². The van der Waals surface area contributed by atoms with Gasteiger partial charge in [-0.25, -0.2) is 4.79 Å². The summed E-state index contributed by atoms with van der Waals surface area (Å²) in [6.07, 6.45) is -0.144. The van der Waals surface area contributed by atoms with Gasteiger partial charge in [0.1, 0.15) is 12.3 Å². The number of nitrogens with zero attached hydrogens (tertiary/aromatic N) is 2. The lowest BCUT2D eigenvalue weighted by atomic mass is 10.2. The van der Waals surface area contributed by atoms with Crippen molar-refractivity contribution < 1.29 is 14.9 Å². The average Bonchev–Trinajstić information content (AvgIpc) is 2.93. The molecule has 0 aliphatic carbocycles. The maximum Gasteiger partial charge on any atom is 0.351 e. The van der Waals surface area contributed by atoms with Crippen LogP contribution in [0.15, 0.2) is 45.0 Å². The normalized spacial score (nSPS) is 25.6.